The number of hydrogen-bond acceptors (Lipinski definition) is 3. The molecule has 0 aromatic heterocycles. The average Bonchev–Trinajstić information content (AvgIpc) is 2.68. The monoisotopic (exact) mass is 387 g/mol. The van der Waals surface area contributed by atoms with Gasteiger partial charge in [-0.1, -0.05) is 12.1 Å². The minimum Gasteiger partial charge on any atom is -0.352 e. The molecule has 1 heterocycles. The minimum atomic E-state index is -0.616. The zero-order chi connectivity index (χ0) is 20.1. The topological polar surface area (TPSA) is 35.6 Å². The normalized spacial score (nSPS) is 16.7. The number of likely N-dealkylation sites (N-methyl/N-ethyl adjacent to an activating group) is 1. The van der Waals surface area contributed by atoms with Crippen LogP contribution in [0.4, 0.5) is 8.78 Å². The Morgan fingerprint density at radius 1 is 1.07 bits per heavy atom. The molecule has 3 rings (SSSR count). The third kappa shape index (κ3) is 5.14. The quantitative estimate of drug-likeness (QED) is 0.825. The fraction of sp³-hybridized carbons (Fsp3) is 0.409. The Balaban J connectivity index is 1.50. The van der Waals surface area contributed by atoms with E-state index in [-0.39, 0.29) is 5.91 Å². The lowest BCUT2D eigenvalue weighted by Crippen LogP contribution is -2.48. The van der Waals surface area contributed by atoms with Crippen LogP contribution in [0.15, 0.2) is 42.5 Å². The van der Waals surface area contributed by atoms with Gasteiger partial charge in [0.05, 0.1) is 0 Å². The Kier molecular flexibility index (Phi) is 6.75. The van der Waals surface area contributed by atoms with Crippen LogP contribution in [-0.4, -0.2) is 61.5 Å². The molecule has 1 atom stereocenters. The smallest absolute Gasteiger partial charge is 0.251 e. The highest BCUT2D eigenvalue weighted by Gasteiger charge is 2.19. The lowest BCUT2D eigenvalue weighted by molar-refractivity contribution is 0.0935. The predicted octanol–water partition coefficient (Wildman–Crippen LogP) is 3.39. The van der Waals surface area contributed by atoms with Crippen molar-refractivity contribution in [2.24, 2.45) is 0 Å². The van der Waals surface area contributed by atoms with Gasteiger partial charge in [-0.15, -0.1) is 0 Å². The summed E-state index contributed by atoms with van der Waals surface area (Å²) in [7, 11) is 2.14. The summed E-state index contributed by atoms with van der Waals surface area (Å²) in [5, 5.41) is 2.96. The maximum atomic E-state index is 13.9. The van der Waals surface area contributed by atoms with Crippen LogP contribution in [-0.2, 0) is 0 Å². The van der Waals surface area contributed by atoms with Gasteiger partial charge in [0, 0.05) is 56.0 Å². The third-order valence-electron chi connectivity index (χ3n) is 5.40. The second-order valence-electron chi connectivity index (χ2n) is 7.43. The van der Waals surface area contributed by atoms with Gasteiger partial charge in [0.25, 0.3) is 5.91 Å². The summed E-state index contributed by atoms with van der Waals surface area (Å²) >= 11 is 0. The Hall–Kier alpha value is -2.31. The van der Waals surface area contributed by atoms with Gasteiger partial charge in [-0.05, 0) is 50.2 Å². The highest BCUT2D eigenvalue weighted by atomic mass is 19.1. The second-order valence-corrected chi connectivity index (χ2v) is 7.43. The van der Waals surface area contributed by atoms with E-state index >= 15 is 0 Å². The predicted molar refractivity (Wildman–Crippen MR) is 107 cm³/mol. The number of rotatable bonds is 6. The van der Waals surface area contributed by atoms with Gasteiger partial charge in [0.2, 0.25) is 0 Å². The summed E-state index contributed by atoms with van der Waals surface area (Å²) in [6.45, 7) is 7.10. The molecular formula is C22H27F2N3O. The average molecular weight is 387 g/mol. The van der Waals surface area contributed by atoms with Crippen LogP contribution in [0, 0.1) is 11.6 Å². The van der Waals surface area contributed by atoms with Crippen LogP contribution in [0.1, 0.15) is 23.7 Å². The number of carbonyl (C=O) groups excluding carboxylic acids is 1. The van der Waals surface area contributed by atoms with Crippen LogP contribution >= 0.6 is 0 Å². The van der Waals surface area contributed by atoms with Gasteiger partial charge in [0.15, 0.2) is 0 Å². The first-order valence-corrected chi connectivity index (χ1v) is 9.70. The number of hydrogen-bond donors (Lipinski definition) is 1. The fourth-order valence-electron chi connectivity index (χ4n) is 3.47. The molecule has 1 amide bonds. The number of carbonyl (C=O) groups is 1. The van der Waals surface area contributed by atoms with Crippen LogP contribution in [0.2, 0.25) is 0 Å². The van der Waals surface area contributed by atoms with E-state index in [9.17, 15) is 13.6 Å². The van der Waals surface area contributed by atoms with Crippen molar-refractivity contribution in [2.45, 2.75) is 19.4 Å². The van der Waals surface area contributed by atoms with Crippen molar-refractivity contribution in [3.05, 3.63) is 59.7 Å². The van der Waals surface area contributed by atoms with Crippen LogP contribution < -0.4 is 5.32 Å². The summed E-state index contributed by atoms with van der Waals surface area (Å²) in [6.07, 6.45) is 0.897. The Morgan fingerprint density at radius 2 is 1.75 bits per heavy atom. The van der Waals surface area contributed by atoms with Crippen molar-refractivity contribution >= 4 is 5.91 Å². The van der Waals surface area contributed by atoms with E-state index in [4.69, 9.17) is 0 Å². The van der Waals surface area contributed by atoms with Crippen molar-refractivity contribution in [2.75, 3.05) is 39.8 Å². The maximum Gasteiger partial charge on any atom is 0.251 e. The molecule has 1 aliphatic rings. The molecular weight excluding hydrogens is 360 g/mol. The van der Waals surface area contributed by atoms with Gasteiger partial charge < -0.3 is 10.2 Å². The lowest BCUT2D eigenvalue weighted by Gasteiger charge is -2.36. The molecule has 0 aliphatic carbocycles. The maximum absolute atomic E-state index is 13.9. The Bertz CT molecular complexity index is 802. The molecule has 0 saturated carbocycles. The highest BCUT2D eigenvalue weighted by Crippen LogP contribution is 2.23. The van der Waals surface area contributed by atoms with E-state index < -0.39 is 11.6 Å². The summed E-state index contributed by atoms with van der Waals surface area (Å²) in [5.41, 5.74) is 1.45. The van der Waals surface area contributed by atoms with Gasteiger partial charge in [-0.25, -0.2) is 8.78 Å². The molecule has 2 aromatic carbocycles. The van der Waals surface area contributed by atoms with E-state index in [0.717, 1.165) is 38.7 Å². The van der Waals surface area contributed by atoms with Gasteiger partial charge in [0.1, 0.15) is 11.6 Å². The molecule has 1 fully saturated rings. The Morgan fingerprint density at radius 3 is 2.39 bits per heavy atom. The van der Waals surface area contributed by atoms with Gasteiger partial charge >= 0.3 is 0 Å². The molecule has 4 nitrogen and oxygen atoms in total. The SMILES string of the molecule is C[C@@H](CCNC(=O)c1ccc(-c2ccc(F)cc2F)cc1)N1CCN(C)CC1. The van der Waals surface area contributed by atoms with E-state index in [0.29, 0.717) is 29.3 Å². The molecule has 1 N–H and O–H groups in total. The fourth-order valence-corrected chi connectivity index (χ4v) is 3.47. The third-order valence-corrected chi connectivity index (χ3v) is 5.40. The van der Waals surface area contributed by atoms with Crippen molar-refractivity contribution < 1.29 is 13.6 Å². The van der Waals surface area contributed by atoms with Gasteiger partial charge in [-0.2, -0.15) is 0 Å². The van der Waals surface area contributed by atoms with Crippen LogP contribution in [0.3, 0.4) is 0 Å². The molecule has 0 bridgehead atoms. The second kappa shape index (κ2) is 9.26. The molecule has 1 saturated heterocycles. The van der Waals surface area contributed by atoms with Crippen molar-refractivity contribution in [1.82, 2.24) is 15.1 Å². The molecule has 28 heavy (non-hydrogen) atoms. The zero-order valence-electron chi connectivity index (χ0n) is 16.4. The van der Waals surface area contributed by atoms with Crippen molar-refractivity contribution in [1.29, 1.82) is 0 Å². The number of piperazine rings is 1. The van der Waals surface area contributed by atoms with Crippen molar-refractivity contribution in [3.63, 3.8) is 0 Å². The van der Waals surface area contributed by atoms with Crippen molar-refractivity contribution in [3.8, 4) is 11.1 Å². The number of amides is 1. The number of benzene rings is 2. The first-order chi connectivity index (χ1) is 13.4. The standard InChI is InChI=1S/C22H27F2N3O/c1-16(27-13-11-26(2)12-14-27)9-10-25-22(28)18-5-3-17(4-6-18)20-8-7-19(23)15-21(20)24/h3-8,15-16H,9-14H2,1-2H3,(H,25,28)/t16-/m0/s1. The molecule has 6 heteroatoms. The molecule has 0 unspecified atom stereocenters. The molecule has 1 aliphatic heterocycles. The summed E-state index contributed by atoms with van der Waals surface area (Å²) in [5.74, 6) is -1.37. The van der Waals surface area contributed by atoms with Crippen LogP contribution in [0.25, 0.3) is 11.1 Å². The number of halogens is 2. The largest absolute Gasteiger partial charge is 0.352 e. The molecule has 0 radical (unpaired) electrons. The lowest BCUT2D eigenvalue weighted by atomic mass is 10.0. The van der Waals surface area contributed by atoms with Gasteiger partial charge in [-0.3, -0.25) is 9.69 Å². The molecule has 150 valence electrons. The van der Waals surface area contributed by atoms with Crippen LogP contribution in [0.5, 0.6) is 0 Å². The summed E-state index contributed by atoms with van der Waals surface area (Å²) < 4.78 is 26.9. The Labute approximate surface area is 165 Å². The first-order valence-electron chi connectivity index (χ1n) is 9.70. The van der Waals surface area contributed by atoms with E-state index in [1.807, 2.05) is 0 Å². The summed E-state index contributed by atoms with van der Waals surface area (Å²) in [4.78, 5) is 17.1. The zero-order valence-corrected chi connectivity index (χ0v) is 16.4. The molecule has 2 aromatic rings. The summed E-state index contributed by atoms with van der Waals surface area (Å²) in [6, 6.07) is 10.6. The minimum absolute atomic E-state index is 0.142. The number of nitrogens with one attached hydrogen (secondary N) is 1. The highest BCUT2D eigenvalue weighted by molar-refractivity contribution is 5.94. The van der Waals surface area contributed by atoms with E-state index in [1.165, 1.54) is 12.1 Å². The van der Waals surface area contributed by atoms with E-state index in [2.05, 4.69) is 29.1 Å². The molecule has 0 spiro atoms. The first kappa shape index (κ1) is 20.4. The number of nitrogens with zero attached hydrogens (tertiary/aromatic N) is 2. The van der Waals surface area contributed by atoms with E-state index in [1.54, 1.807) is 24.3 Å².